The van der Waals surface area contributed by atoms with E-state index in [9.17, 15) is 9.59 Å². The lowest BCUT2D eigenvalue weighted by atomic mass is 10.0. The predicted molar refractivity (Wildman–Crippen MR) is 113 cm³/mol. The summed E-state index contributed by atoms with van der Waals surface area (Å²) >= 11 is 0. The Kier molecular flexibility index (Phi) is 4.83. The molecule has 0 atom stereocenters. The number of rotatable bonds is 5. The Bertz CT molecular complexity index is 1090. The maximum atomic E-state index is 12.9. The van der Waals surface area contributed by atoms with Crippen molar-refractivity contribution in [2.45, 2.75) is 31.6 Å². The van der Waals surface area contributed by atoms with Crippen molar-refractivity contribution in [1.29, 1.82) is 0 Å². The Labute approximate surface area is 175 Å². The zero-order valence-corrected chi connectivity index (χ0v) is 16.7. The average Bonchev–Trinajstić information content (AvgIpc) is 3.55. The second-order valence-electron chi connectivity index (χ2n) is 7.83. The molecule has 2 aliphatic rings. The highest BCUT2D eigenvalue weighted by Gasteiger charge is 2.30. The summed E-state index contributed by atoms with van der Waals surface area (Å²) in [6.07, 6.45) is 4.04. The molecule has 1 aliphatic heterocycles. The molecule has 2 heterocycles. The molecule has 3 aromatic rings. The van der Waals surface area contributed by atoms with Crippen LogP contribution in [0.2, 0.25) is 0 Å². The standard InChI is InChI=1S/C24H23N3O3/c28-23(26-14-6-8-18-7-4-5-11-21(18)26)16-30-24(29)22-15-20(17-12-13-17)25-27(22)19-9-2-1-3-10-19/h1-5,7,9-11,15,17H,6,8,12-14,16H2. The van der Waals surface area contributed by atoms with E-state index in [1.165, 1.54) is 0 Å². The molecule has 1 amide bonds. The van der Waals surface area contributed by atoms with E-state index in [4.69, 9.17) is 4.74 Å². The molecule has 6 nitrogen and oxygen atoms in total. The molecular formula is C24H23N3O3. The molecule has 0 unspecified atom stereocenters. The molecule has 0 saturated heterocycles. The van der Waals surface area contributed by atoms with Crippen LogP contribution in [0.15, 0.2) is 60.7 Å². The van der Waals surface area contributed by atoms with Crippen LogP contribution < -0.4 is 4.90 Å². The maximum absolute atomic E-state index is 12.9. The Hall–Kier alpha value is -3.41. The monoisotopic (exact) mass is 401 g/mol. The average molecular weight is 401 g/mol. The van der Waals surface area contributed by atoms with Gasteiger partial charge in [0, 0.05) is 18.2 Å². The number of benzene rings is 2. The number of ether oxygens (including phenoxy) is 1. The van der Waals surface area contributed by atoms with Gasteiger partial charge in [-0.2, -0.15) is 5.10 Å². The summed E-state index contributed by atoms with van der Waals surface area (Å²) in [5.41, 5.74) is 4.12. The van der Waals surface area contributed by atoms with Gasteiger partial charge in [-0.05, 0) is 55.5 Å². The lowest BCUT2D eigenvalue weighted by Crippen LogP contribution is -2.38. The molecule has 0 spiro atoms. The summed E-state index contributed by atoms with van der Waals surface area (Å²) < 4.78 is 7.06. The van der Waals surface area contributed by atoms with Crippen LogP contribution in [0.5, 0.6) is 0 Å². The SMILES string of the molecule is O=C(OCC(=O)N1CCCc2ccccc21)c1cc(C2CC2)nn1-c1ccccc1. The van der Waals surface area contributed by atoms with E-state index in [1.807, 2.05) is 54.6 Å². The van der Waals surface area contributed by atoms with Crippen molar-refractivity contribution in [3.8, 4) is 5.69 Å². The van der Waals surface area contributed by atoms with Crippen LogP contribution in [0.1, 0.15) is 46.9 Å². The number of esters is 1. The fraction of sp³-hybridized carbons (Fsp3) is 0.292. The van der Waals surface area contributed by atoms with E-state index in [0.29, 0.717) is 18.2 Å². The summed E-state index contributed by atoms with van der Waals surface area (Å²) in [5, 5.41) is 4.63. The Morgan fingerprint density at radius 1 is 1.03 bits per heavy atom. The largest absolute Gasteiger partial charge is 0.451 e. The summed E-state index contributed by atoms with van der Waals surface area (Å²) in [6, 6.07) is 19.2. The zero-order chi connectivity index (χ0) is 20.5. The van der Waals surface area contributed by atoms with E-state index in [2.05, 4.69) is 5.10 Å². The van der Waals surface area contributed by atoms with Crippen molar-refractivity contribution in [2.75, 3.05) is 18.1 Å². The minimum atomic E-state index is -0.531. The van der Waals surface area contributed by atoms with Gasteiger partial charge < -0.3 is 9.64 Å². The quantitative estimate of drug-likeness (QED) is 0.609. The number of anilines is 1. The van der Waals surface area contributed by atoms with Crippen molar-refractivity contribution in [3.05, 3.63) is 77.6 Å². The van der Waals surface area contributed by atoms with E-state index < -0.39 is 5.97 Å². The highest BCUT2D eigenvalue weighted by atomic mass is 16.5. The zero-order valence-electron chi connectivity index (χ0n) is 16.7. The molecule has 30 heavy (non-hydrogen) atoms. The first-order chi connectivity index (χ1) is 14.7. The van der Waals surface area contributed by atoms with Crippen molar-refractivity contribution in [1.82, 2.24) is 9.78 Å². The lowest BCUT2D eigenvalue weighted by Gasteiger charge is -2.29. The Morgan fingerprint density at radius 3 is 2.60 bits per heavy atom. The third kappa shape index (κ3) is 3.61. The van der Waals surface area contributed by atoms with E-state index >= 15 is 0 Å². The molecule has 0 N–H and O–H groups in total. The minimum absolute atomic E-state index is 0.205. The number of hydrogen-bond acceptors (Lipinski definition) is 4. The molecule has 5 rings (SSSR count). The minimum Gasteiger partial charge on any atom is -0.451 e. The topological polar surface area (TPSA) is 64.4 Å². The summed E-state index contributed by atoms with van der Waals surface area (Å²) in [6.45, 7) is 0.354. The fourth-order valence-electron chi connectivity index (χ4n) is 3.96. The number of amides is 1. The molecule has 6 heteroatoms. The number of aryl methyl sites for hydroxylation is 1. The van der Waals surface area contributed by atoms with Gasteiger partial charge in [0.15, 0.2) is 12.3 Å². The normalized spacial score (nSPS) is 15.5. The van der Waals surface area contributed by atoms with Gasteiger partial charge in [0.05, 0.1) is 11.4 Å². The molecule has 2 aromatic carbocycles. The van der Waals surface area contributed by atoms with Gasteiger partial charge in [-0.25, -0.2) is 9.48 Å². The van der Waals surface area contributed by atoms with Gasteiger partial charge in [-0.3, -0.25) is 4.79 Å². The van der Waals surface area contributed by atoms with Crippen LogP contribution in [0, 0.1) is 0 Å². The number of aromatic nitrogens is 2. The number of nitrogens with zero attached hydrogens (tertiary/aromatic N) is 3. The number of hydrogen-bond donors (Lipinski definition) is 0. The molecule has 1 saturated carbocycles. The van der Waals surface area contributed by atoms with Crippen LogP contribution >= 0.6 is 0 Å². The molecule has 0 radical (unpaired) electrons. The van der Waals surface area contributed by atoms with Crippen LogP contribution in [0.25, 0.3) is 5.69 Å². The van der Waals surface area contributed by atoms with Crippen LogP contribution in [-0.4, -0.2) is 34.8 Å². The predicted octanol–water partition coefficient (Wildman–Crippen LogP) is 3.89. The first-order valence-corrected chi connectivity index (χ1v) is 10.4. The van der Waals surface area contributed by atoms with Gasteiger partial charge in [0.2, 0.25) is 0 Å². The summed E-state index contributed by atoms with van der Waals surface area (Å²) in [7, 11) is 0. The first-order valence-electron chi connectivity index (χ1n) is 10.4. The number of para-hydroxylation sites is 2. The Morgan fingerprint density at radius 2 is 1.80 bits per heavy atom. The molecular weight excluding hydrogens is 378 g/mol. The van der Waals surface area contributed by atoms with E-state index in [-0.39, 0.29) is 12.5 Å². The summed E-state index contributed by atoms with van der Waals surface area (Å²) in [5.74, 6) is -0.325. The molecule has 1 aromatic heterocycles. The van der Waals surface area contributed by atoms with Gasteiger partial charge in [-0.15, -0.1) is 0 Å². The fourth-order valence-corrected chi connectivity index (χ4v) is 3.96. The van der Waals surface area contributed by atoms with E-state index in [0.717, 1.165) is 48.3 Å². The second kappa shape index (κ2) is 7.78. The molecule has 1 aliphatic carbocycles. The third-order valence-corrected chi connectivity index (χ3v) is 5.67. The van der Waals surface area contributed by atoms with Crippen LogP contribution in [-0.2, 0) is 16.0 Å². The van der Waals surface area contributed by atoms with Gasteiger partial charge >= 0.3 is 5.97 Å². The highest BCUT2D eigenvalue weighted by Crippen LogP contribution is 2.39. The number of fused-ring (bicyclic) bond motifs is 1. The third-order valence-electron chi connectivity index (χ3n) is 5.67. The smallest absolute Gasteiger partial charge is 0.357 e. The van der Waals surface area contributed by atoms with Crippen molar-refractivity contribution >= 4 is 17.6 Å². The number of carbonyl (C=O) groups is 2. The highest BCUT2D eigenvalue weighted by molar-refractivity contribution is 5.97. The van der Waals surface area contributed by atoms with Crippen molar-refractivity contribution < 1.29 is 14.3 Å². The van der Waals surface area contributed by atoms with Gasteiger partial charge in [0.1, 0.15) is 0 Å². The van der Waals surface area contributed by atoms with Crippen molar-refractivity contribution in [2.24, 2.45) is 0 Å². The lowest BCUT2D eigenvalue weighted by molar-refractivity contribution is -0.121. The first kappa shape index (κ1) is 18.6. The van der Waals surface area contributed by atoms with Crippen LogP contribution in [0.3, 0.4) is 0 Å². The Balaban J connectivity index is 1.33. The van der Waals surface area contributed by atoms with Gasteiger partial charge in [-0.1, -0.05) is 36.4 Å². The summed E-state index contributed by atoms with van der Waals surface area (Å²) in [4.78, 5) is 27.4. The van der Waals surface area contributed by atoms with E-state index in [1.54, 1.807) is 15.6 Å². The van der Waals surface area contributed by atoms with Crippen LogP contribution in [0.4, 0.5) is 5.69 Å². The number of carbonyl (C=O) groups excluding carboxylic acids is 2. The van der Waals surface area contributed by atoms with Crippen molar-refractivity contribution in [3.63, 3.8) is 0 Å². The molecule has 1 fully saturated rings. The molecule has 0 bridgehead atoms. The second-order valence-corrected chi connectivity index (χ2v) is 7.83. The molecule has 152 valence electrons. The van der Waals surface area contributed by atoms with Gasteiger partial charge in [0.25, 0.3) is 5.91 Å². The maximum Gasteiger partial charge on any atom is 0.357 e.